The molecule has 0 bridgehead atoms. The first-order valence-corrected chi connectivity index (χ1v) is 5.45. The van der Waals surface area contributed by atoms with Crippen molar-refractivity contribution in [3.05, 3.63) is 23.8 Å². The van der Waals surface area contributed by atoms with Crippen LogP contribution in [-0.4, -0.2) is 35.9 Å². The minimum absolute atomic E-state index is 0.176. The van der Waals surface area contributed by atoms with Crippen molar-refractivity contribution in [2.24, 2.45) is 4.99 Å². The Morgan fingerprint density at radius 2 is 1.94 bits per heavy atom. The van der Waals surface area contributed by atoms with Gasteiger partial charge in [-0.2, -0.15) is 0 Å². The van der Waals surface area contributed by atoms with E-state index in [0.29, 0.717) is 5.90 Å². The number of likely N-dealkylation sites (tertiary alicyclic amines) is 1. The number of methoxy groups -OCH3 is 1. The molecule has 2 rings (SSSR count). The summed E-state index contributed by atoms with van der Waals surface area (Å²) in [6.07, 6.45) is 5.30. The molecule has 0 spiro atoms. The number of rotatable bonds is 1. The molecule has 2 amide bonds. The summed E-state index contributed by atoms with van der Waals surface area (Å²) in [6, 6.07) is 0. The van der Waals surface area contributed by atoms with E-state index < -0.39 is 6.17 Å². The zero-order valence-electron chi connectivity index (χ0n) is 9.84. The van der Waals surface area contributed by atoms with Crippen LogP contribution in [0.25, 0.3) is 0 Å². The molecular formula is C12H14N2O3. The average Bonchev–Trinajstić information content (AvgIpc) is 2.52. The van der Waals surface area contributed by atoms with Gasteiger partial charge in [-0.3, -0.25) is 14.5 Å². The lowest BCUT2D eigenvalue weighted by molar-refractivity contribution is -0.139. The first kappa shape index (κ1) is 11.6. The lowest BCUT2D eigenvalue weighted by Gasteiger charge is -2.19. The van der Waals surface area contributed by atoms with Gasteiger partial charge in [0, 0.05) is 18.9 Å². The Hall–Kier alpha value is -1.91. The quantitative estimate of drug-likeness (QED) is 0.636. The fourth-order valence-corrected chi connectivity index (χ4v) is 1.85. The molecule has 5 nitrogen and oxygen atoms in total. The number of hydrogen-bond donors (Lipinski definition) is 0. The molecule has 17 heavy (non-hydrogen) atoms. The Morgan fingerprint density at radius 1 is 1.29 bits per heavy atom. The number of aliphatic imine (C=N–C) groups is 1. The molecule has 0 aromatic heterocycles. The van der Waals surface area contributed by atoms with E-state index in [1.165, 1.54) is 12.0 Å². The molecule has 0 aromatic carbocycles. The number of imide groups is 1. The van der Waals surface area contributed by atoms with E-state index in [4.69, 9.17) is 4.74 Å². The maximum absolute atomic E-state index is 11.6. The number of hydrogen-bond acceptors (Lipinski definition) is 4. The van der Waals surface area contributed by atoms with Gasteiger partial charge < -0.3 is 4.74 Å². The van der Waals surface area contributed by atoms with Crippen LogP contribution in [0.5, 0.6) is 0 Å². The summed E-state index contributed by atoms with van der Waals surface area (Å²) >= 11 is 0. The van der Waals surface area contributed by atoms with Gasteiger partial charge in [-0.15, -0.1) is 0 Å². The van der Waals surface area contributed by atoms with Gasteiger partial charge in [0.25, 0.3) is 0 Å². The van der Waals surface area contributed by atoms with E-state index in [9.17, 15) is 9.59 Å². The van der Waals surface area contributed by atoms with Crippen LogP contribution in [0.4, 0.5) is 0 Å². The van der Waals surface area contributed by atoms with Crippen molar-refractivity contribution < 1.29 is 14.3 Å². The van der Waals surface area contributed by atoms with Gasteiger partial charge in [0.15, 0.2) is 6.17 Å². The number of allylic oxidation sites excluding steroid dienone is 2. The number of nitrogens with zero attached hydrogens (tertiary/aromatic N) is 2. The lowest BCUT2D eigenvalue weighted by atomic mass is 10.2. The Morgan fingerprint density at radius 3 is 2.53 bits per heavy atom. The van der Waals surface area contributed by atoms with Crippen molar-refractivity contribution in [2.75, 3.05) is 7.11 Å². The highest BCUT2D eigenvalue weighted by Gasteiger charge is 2.34. The standard InChI is InChI=1S/C12H14N2O3/c1-8-3-4-10(17-2)13-9(7-8)14-11(15)5-6-12(14)16/h3-4,7,9H,5-6H2,1-2H3. The molecule has 0 saturated carbocycles. The highest BCUT2D eigenvalue weighted by molar-refractivity contribution is 6.02. The Kier molecular flexibility index (Phi) is 3.08. The highest BCUT2D eigenvalue weighted by Crippen LogP contribution is 2.20. The number of ether oxygens (including phenoxy) is 1. The van der Waals surface area contributed by atoms with Crippen LogP contribution in [0.15, 0.2) is 28.8 Å². The first-order chi connectivity index (χ1) is 8.11. The van der Waals surface area contributed by atoms with Gasteiger partial charge in [0.05, 0.1) is 7.11 Å². The van der Waals surface area contributed by atoms with Crippen molar-refractivity contribution in [1.29, 1.82) is 0 Å². The maximum atomic E-state index is 11.6. The Balaban J connectivity index is 2.33. The molecule has 2 aliphatic rings. The van der Waals surface area contributed by atoms with E-state index in [0.717, 1.165) is 5.57 Å². The summed E-state index contributed by atoms with van der Waals surface area (Å²) in [5.74, 6) is 0.0610. The summed E-state index contributed by atoms with van der Waals surface area (Å²) < 4.78 is 5.06. The largest absolute Gasteiger partial charge is 0.481 e. The molecule has 5 heteroatoms. The molecule has 2 heterocycles. The number of carbonyl (C=O) groups is 2. The van der Waals surface area contributed by atoms with Crippen LogP contribution >= 0.6 is 0 Å². The topological polar surface area (TPSA) is 59.0 Å². The van der Waals surface area contributed by atoms with Crippen LogP contribution in [-0.2, 0) is 14.3 Å². The van der Waals surface area contributed by atoms with E-state index in [1.54, 1.807) is 12.2 Å². The predicted molar refractivity (Wildman–Crippen MR) is 62.2 cm³/mol. The SMILES string of the molecule is COC1=NC(N2C(=O)CCC2=O)C=C(C)C=C1. The summed E-state index contributed by atoms with van der Waals surface area (Å²) in [7, 11) is 1.51. The van der Waals surface area contributed by atoms with E-state index >= 15 is 0 Å². The van der Waals surface area contributed by atoms with E-state index in [2.05, 4.69) is 4.99 Å². The van der Waals surface area contributed by atoms with Gasteiger partial charge in [0.1, 0.15) is 0 Å². The van der Waals surface area contributed by atoms with Gasteiger partial charge in [-0.05, 0) is 13.0 Å². The lowest BCUT2D eigenvalue weighted by Crippen LogP contribution is -2.37. The predicted octanol–water partition coefficient (Wildman–Crippen LogP) is 1.02. The van der Waals surface area contributed by atoms with Crippen LogP contribution in [0.2, 0.25) is 0 Å². The normalized spacial score (nSPS) is 24.6. The minimum Gasteiger partial charge on any atom is -0.481 e. The number of amides is 2. The van der Waals surface area contributed by atoms with Crippen molar-refractivity contribution in [3.8, 4) is 0 Å². The molecule has 1 saturated heterocycles. The summed E-state index contributed by atoms with van der Waals surface area (Å²) in [5.41, 5.74) is 0.943. The average molecular weight is 234 g/mol. The fraction of sp³-hybridized carbons (Fsp3) is 0.417. The van der Waals surface area contributed by atoms with Gasteiger partial charge in [-0.1, -0.05) is 11.6 Å². The fourth-order valence-electron chi connectivity index (χ4n) is 1.85. The van der Waals surface area contributed by atoms with Crippen molar-refractivity contribution in [2.45, 2.75) is 25.9 Å². The molecule has 1 atom stereocenters. The molecule has 1 unspecified atom stereocenters. The third-order valence-corrected chi connectivity index (χ3v) is 2.72. The van der Waals surface area contributed by atoms with Crippen LogP contribution in [0, 0.1) is 0 Å². The second-order valence-corrected chi connectivity index (χ2v) is 3.99. The smallest absolute Gasteiger partial charge is 0.231 e. The van der Waals surface area contributed by atoms with Crippen molar-refractivity contribution >= 4 is 17.7 Å². The zero-order chi connectivity index (χ0) is 12.4. The molecule has 0 aromatic rings. The van der Waals surface area contributed by atoms with Crippen LogP contribution in [0.3, 0.4) is 0 Å². The zero-order valence-corrected chi connectivity index (χ0v) is 9.84. The van der Waals surface area contributed by atoms with Gasteiger partial charge in [-0.25, -0.2) is 4.99 Å². The van der Waals surface area contributed by atoms with E-state index in [1.807, 2.05) is 13.0 Å². The molecule has 0 radical (unpaired) electrons. The minimum atomic E-state index is -0.581. The Labute approximate surface area is 99.5 Å². The van der Waals surface area contributed by atoms with Gasteiger partial charge >= 0.3 is 0 Å². The third kappa shape index (κ3) is 2.27. The van der Waals surface area contributed by atoms with Crippen LogP contribution < -0.4 is 0 Å². The molecule has 90 valence electrons. The second kappa shape index (κ2) is 4.53. The molecule has 2 aliphatic heterocycles. The molecule has 0 N–H and O–H groups in total. The van der Waals surface area contributed by atoms with E-state index in [-0.39, 0.29) is 24.7 Å². The summed E-state index contributed by atoms with van der Waals surface area (Å²) in [6.45, 7) is 1.89. The van der Waals surface area contributed by atoms with Crippen molar-refractivity contribution in [1.82, 2.24) is 4.90 Å². The van der Waals surface area contributed by atoms with Crippen LogP contribution in [0.1, 0.15) is 19.8 Å². The maximum Gasteiger partial charge on any atom is 0.231 e. The first-order valence-electron chi connectivity index (χ1n) is 5.45. The van der Waals surface area contributed by atoms with Crippen molar-refractivity contribution in [3.63, 3.8) is 0 Å². The molecular weight excluding hydrogens is 220 g/mol. The Bertz CT molecular complexity index is 433. The monoisotopic (exact) mass is 234 g/mol. The highest BCUT2D eigenvalue weighted by atomic mass is 16.5. The molecule has 0 aliphatic carbocycles. The number of carbonyl (C=O) groups excluding carboxylic acids is 2. The second-order valence-electron chi connectivity index (χ2n) is 3.99. The third-order valence-electron chi connectivity index (χ3n) is 2.72. The summed E-state index contributed by atoms with van der Waals surface area (Å²) in [5, 5.41) is 0. The molecule has 1 fully saturated rings. The summed E-state index contributed by atoms with van der Waals surface area (Å²) in [4.78, 5) is 28.7. The van der Waals surface area contributed by atoms with Gasteiger partial charge in [0.2, 0.25) is 17.7 Å².